The highest BCUT2D eigenvalue weighted by molar-refractivity contribution is 5.95. The molecule has 7 nitrogen and oxygen atoms in total. The molecule has 3 aromatic heterocycles. The molecule has 1 atom stereocenters. The standard InChI is InChI=1S/C20H23N5O2/c1-13-11-14(2)23(3)19(26)17(13)20(27)24-9-6-7-15(12-24)18-22-21-16-8-4-5-10-25(16)18/h4-5,8,10-11,15H,6-7,9,12H2,1-3H3/t15-/m0/s1. The van der Waals surface area contributed by atoms with Gasteiger partial charge < -0.3 is 9.47 Å². The Hall–Kier alpha value is -2.96. The maximum Gasteiger partial charge on any atom is 0.263 e. The molecule has 27 heavy (non-hydrogen) atoms. The first-order valence-electron chi connectivity index (χ1n) is 9.23. The maximum atomic E-state index is 13.2. The van der Waals surface area contributed by atoms with Gasteiger partial charge in [0, 0.05) is 37.9 Å². The highest BCUT2D eigenvalue weighted by atomic mass is 16.2. The van der Waals surface area contributed by atoms with Crippen molar-refractivity contribution < 1.29 is 4.79 Å². The highest BCUT2D eigenvalue weighted by Gasteiger charge is 2.30. The van der Waals surface area contributed by atoms with Gasteiger partial charge in [-0.2, -0.15) is 0 Å². The third-order valence-corrected chi connectivity index (χ3v) is 5.50. The predicted octanol–water partition coefficient (Wildman–Crippen LogP) is 2.06. The van der Waals surface area contributed by atoms with Crippen molar-refractivity contribution in [1.29, 1.82) is 0 Å². The third kappa shape index (κ3) is 2.93. The molecule has 0 unspecified atom stereocenters. The quantitative estimate of drug-likeness (QED) is 0.697. The van der Waals surface area contributed by atoms with Gasteiger partial charge >= 0.3 is 0 Å². The van der Waals surface area contributed by atoms with Gasteiger partial charge in [0.05, 0.1) is 0 Å². The average Bonchev–Trinajstić information content (AvgIpc) is 3.10. The first-order chi connectivity index (χ1) is 13.0. The van der Waals surface area contributed by atoms with E-state index >= 15 is 0 Å². The molecule has 4 heterocycles. The molecular weight excluding hydrogens is 342 g/mol. The lowest BCUT2D eigenvalue weighted by molar-refractivity contribution is 0.0701. The van der Waals surface area contributed by atoms with Crippen LogP contribution < -0.4 is 5.56 Å². The second-order valence-corrected chi connectivity index (χ2v) is 7.29. The Morgan fingerprint density at radius 1 is 1.22 bits per heavy atom. The van der Waals surface area contributed by atoms with Gasteiger partial charge in [0.2, 0.25) is 0 Å². The van der Waals surface area contributed by atoms with Crippen molar-refractivity contribution in [3.8, 4) is 0 Å². The van der Waals surface area contributed by atoms with Crippen molar-refractivity contribution in [1.82, 2.24) is 24.1 Å². The van der Waals surface area contributed by atoms with E-state index in [1.807, 2.05) is 48.7 Å². The summed E-state index contributed by atoms with van der Waals surface area (Å²) in [5, 5.41) is 8.58. The zero-order valence-electron chi connectivity index (χ0n) is 15.8. The van der Waals surface area contributed by atoms with E-state index < -0.39 is 0 Å². The van der Waals surface area contributed by atoms with Crippen LogP contribution in [0.1, 0.15) is 46.2 Å². The van der Waals surface area contributed by atoms with Gasteiger partial charge in [-0.3, -0.25) is 14.0 Å². The first-order valence-corrected chi connectivity index (χ1v) is 9.23. The Morgan fingerprint density at radius 3 is 2.85 bits per heavy atom. The third-order valence-electron chi connectivity index (χ3n) is 5.50. The minimum atomic E-state index is -0.229. The van der Waals surface area contributed by atoms with Crippen LogP contribution in [0.4, 0.5) is 0 Å². The highest BCUT2D eigenvalue weighted by Crippen LogP contribution is 2.27. The fraction of sp³-hybridized carbons (Fsp3) is 0.400. The Labute approximate surface area is 157 Å². The summed E-state index contributed by atoms with van der Waals surface area (Å²) in [7, 11) is 1.70. The van der Waals surface area contributed by atoms with Crippen LogP contribution in [-0.4, -0.2) is 43.1 Å². The number of rotatable bonds is 2. The van der Waals surface area contributed by atoms with E-state index in [4.69, 9.17) is 0 Å². The Bertz CT molecular complexity index is 1080. The number of pyridine rings is 2. The SMILES string of the molecule is Cc1cc(C)n(C)c(=O)c1C(=O)N1CCC[C@H](c2nnc3ccccn23)C1. The summed E-state index contributed by atoms with van der Waals surface area (Å²) in [6.07, 6.45) is 3.78. The molecule has 1 aliphatic heterocycles. The molecule has 1 saturated heterocycles. The minimum absolute atomic E-state index is 0.106. The minimum Gasteiger partial charge on any atom is -0.338 e. The second kappa shape index (κ2) is 6.64. The summed E-state index contributed by atoms with van der Waals surface area (Å²) in [6.45, 7) is 4.90. The Morgan fingerprint density at radius 2 is 2.04 bits per heavy atom. The zero-order valence-corrected chi connectivity index (χ0v) is 15.8. The van der Waals surface area contributed by atoms with Crippen molar-refractivity contribution in [2.24, 2.45) is 7.05 Å². The van der Waals surface area contributed by atoms with Crippen LogP contribution in [0.15, 0.2) is 35.3 Å². The van der Waals surface area contributed by atoms with Crippen molar-refractivity contribution in [3.63, 3.8) is 0 Å². The maximum absolute atomic E-state index is 13.2. The largest absolute Gasteiger partial charge is 0.338 e. The van der Waals surface area contributed by atoms with Crippen LogP contribution in [0, 0.1) is 13.8 Å². The van der Waals surface area contributed by atoms with Crippen LogP contribution in [-0.2, 0) is 7.05 Å². The molecule has 0 aliphatic carbocycles. The number of hydrogen-bond donors (Lipinski definition) is 0. The molecule has 3 aromatic rings. The molecule has 0 bridgehead atoms. The number of aryl methyl sites for hydroxylation is 2. The monoisotopic (exact) mass is 365 g/mol. The smallest absolute Gasteiger partial charge is 0.263 e. The molecule has 0 radical (unpaired) electrons. The number of likely N-dealkylation sites (tertiary alicyclic amines) is 1. The van der Waals surface area contributed by atoms with E-state index in [1.165, 1.54) is 4.57 Å². The van der Waals surface area contributed by atoms with Crippen molar-refractivity contribution in [2.75, 3.05) is 13.1 Å². The normalized spacial score (nSPS) is 17.4. The van der Waals surface area contributed by atoms with Crippen LogP contribution in [0.3, 0.4) is 0 Å². The summed E-state index contributed by atoms with van der Waals surface area (Å²) < 4.78 is 3.52. The summed E-state index contributed by atoms with van der Waals surface area (Å²) in [5.74, 6) is 0.790. The van der Waals surface area contributed by atoms with Crippen molar-refractivity contribution in [2.45, 2.75) is 32.6 Å². The molecule has 1 fully saturated rings. The Kier molecular flexibility index (Phi) is 4.30. The van der Waals surface area contributed by atoms with Crippen LogP contribution >= 0.6 is 0 Å². The number of fused-ring (bicyclic) bond motifs is 1. The predicted molar refractivity (Wildman–Crippen MR) is 102 cm³/mol. The summed E-state index contributed by atoms with van der Waals surface area (Å²) >= 11 is 0. The number of hydrogen-bond acceptors (Lipinski definition) is 4. The van der Waals surface area contributed by atoms with Gasteiger partial charge in [0.1, 0.15) is 11.4 Å². The van der Waals surface area contributed by atoms with E-state index in [0.717, 1.165) is 35.6 Å². The van der Waals surface area contributed by atoms with Crippen LogP contribution in [0.25, 0.3) is 5.65 Å². The van der Waals surface area contributed by atoms with Crippen LogP contribution in [0.5, 0.6) is 0 Å². The number of amides is 1. The molecule has 0 N–H and O–H groups in total. The number of aromatic nitrogens is 4. The fourth-order valence-corrected chi connectivity index (χ4v) is 3.91. The van der Waals surface area contributed by atoms with E-state index in [-0.39, 0.29) is 22.9 Å². The molecule has 0 aromatic carbocycles. The molecule has 140 valence electrons. The molecule has 0 spiro atoms. The molecule has 1 aliphatic rings. The number of piperidine rings is 1. The van der Waals surface area contributed by atoms with Gasteiger partial charge in [-0.15, -0.1) is 10.2 Å². The zero-order chi connectivity index (χ0) is 19.1. The van der Waals surface area contributed by atoms with E-state index in [2.05, 4.69) is 10.2 Å². The Balaban J connectivity index is 1.65. The van der Waals surface area contributed by atoms with Gasteiger partial charge in [0.15, 0.2) is 5.65 Å². The fourth-order valence-electron chi connectivity index (χ4n) is 3.91. The number of carbonyl (C=O) groups excluding carboxylic acids is 1. The van der Waals surface area contributed by atoms with Crippen molar-refractivity contribution in [3.05, 3.63) is 63.5 Å². The molecule has 1 amide bonds. The summed E-state index contributed by atoms with van der Waals surface area (Å²) in [4.78, 5) is 27.6. The van der Waals surface area contributed by atoms with Gasteiger partial charge in [-0.25, -0.2) is 0 Å². The average molecular weight is 365 g/mol. The van der Waals surface area contributed by atoms with Crippen LogP contribution in [0.2, 0.25) is 0 Å². The second-order valence-electron chi connectivity index (χ2n) is 7.29. The summed E-state index contributed by atoms with van der Waals surface area (Å²) in [5.41, 5.74) is 2.43. The van der Waals surface area contributed by atoms with E-state index in [1.54, 1.807) is 11.9 Å². The number of nitrogens with zero attached hydrogens (tertiary/aromatic N) is 5. The lowest BCUT2D eigenvalue weighted by atomic mass is 9.96. The van der Waals surface area contributed by atoms with Gasteiger partial charge in [-0.05, 0) is 50.5 Å². The van der Waals surface area contributed by atoms with Crippen molar-refractivity contribution >= 4 is 11.6 Å². The molecule has 0 saturated carbocycles. The summed E-state index contributed by atoms with van der Waals surface area (Å²) in [6, 6.07) is 7.69. The lowest BCUT2D eigenvalue weighted by Gasteiger charge is -2.32. The topological polar surface area (TPSA) is 72.5 Å². The molecule has 4 rings (SSSR count). The molecular formula is C20H23N5O2. The first kappa shape index (κ1) is 17.5. The lowest BCUT2D eigenvalue weighted by Crippen LogP contribution is -2.42. The number of carbonyl (C=O) groups is 1. The van der Waals surface area contributed by atoms with Gasteiger partial charge in [-0.1, -0.05) is 6.07 Å². The van der Waals surface area contributed by atoms with E-state index in [0.29, 0.717) is 13.1 Å². The van der Waals surface area contributed by atoms with E-state index in [9.17, 15) is 9.59 Å². The molecule has 7 heteroatoms. The van der Waals surface area contributed by atoms with Gasteiger partial charge in [0.25, 0.3) is 11.5 Å².